The van der Waals surface area contributed by atoms with Gasteiger partial charge in [0, 0.05) is 17.8 Å². The van der Waals surface area contributed by atoms with E-state index >= 15 is 0 Å². The van der Waals surface area contributed by atoms with Gasteiger partial charge in [0.1, 0.15) is 5.54 Å². The summed E-state index contributed by atoms with van der Waals surface area (Å²) in [6.45, 7) is 1.81. The van der Waals surface area contributed by atoms with Gasteiger partial charge in [-0.3, -0.25) is 19.4 Å². The van der Waals surface area contributed by atoms with Gasteiger partial charge in [-0.2, -0.15) is 5.01 Å². The zero-order chi connectivity index (χ0) is 19.0. The maximum absolute atomic E-state index is 13.0. The van der Waals surface area contributed by atoms with Crippen LogP contribution in [0.3, 0.4) is 0 Å². The summed E-state index contributed by atoms with van der Waals surface area (Å²) in [5.41, 5.74) is 2.47. The topological polar surface area (TPSA) is 95.8 Å². The number of nitrogens with one attached hydrogen (secondary N) is 2. The van der Waals surface area contributed by atoms with Crippen molar-refractivity contribution in [1.82, 2.24) is 25.1 Å². The molecule has 0 unspecified atom stereocenters. The smallest absolute Gasteiger partial charge is 0.318 e. The normalized spacial score (nSPS) is 19.5. The average molecular weight is 383 g/mol. The van der Waals surface area contributed by atoms with Crippen LogP contribution in [-0.4, -0.2) is 32.2 Å². The van der Waals surface area contributed by atoms with Crippen LogP contribution in [0.25, 0.3) is 4.96 Å². The van der Waals surface area contributed by atoms with Crippen molar-refractivity contribution in [2.24, 2.45) is 0 Å². The molecule has 4 amide bonds. The van der Waals surface area contributed by atoms with E-state index in [-0.39, 0.29) is 6.42 Å². The van der Waals surface area contributed by atoms with Gasteiger partial charge in [0.05, 0.1) is 12.1 Å². The van der Waals surface area contributed by atoms with E-state index in [4.69, 9.17) is 0 Å². The Morgan fingerprint density at radius 3 is 2.78 bits per heavy atom. The molecule has 0 spiro atoms. The molecule has 0 aliphatic carbocycles. The first-order chi connectivity index (χ1) is 13.0. The number of imidazole rings is 1. The van der Waals surface area contributed by atoms with Gasteiger partial charge in [-0.05, 0) is 12.0 Å². The van der Waals surface area contributed by atoms with Gasteiger partial charge in [0.25, 0.3) is 5.91 Å². The van der Waals surface area contributed by atoms with Crippen LogP contribution in [0.15, 0.2) is 48.1 Å². The summed E-state index contributed by atoms with van der Waals surface area (Å²) in [5.74, 6) is -0.982. The third-order valence-electron chi connectivity index (χ3n) is 4.61. The minimum Gasteiger partial charge on any atom is -0.318 e. The number of fused-ring (bicyclic) bond motifs is 1. The summed E-state index contributed by atoms with van der Waals surface area (Å²) < 4.78 is 1.82. The molecular formula is C18H17N5O3S. The van der Waals surface area contributed by atoms with Crippen LogP contribution in [0.4, 0.5) is 4.79 Å². The summed E-state index contributed by atoms with van der Waals surface area (Å²) in [6, 6.07) is 8.36. The minimum atomic E-state index is -1.18. The largest absolute Gasteiger partial charge is 0.344 e. The molecule has 138 valence electrons. The second-order valence-corrected chi connectivity index (χ2v) is 7.11. The predicted octanol–water partition coefficient (Wildman–Crippen LogP) is 1.83. The first-order valence-corrected chi connectivity index (χ1v) is 9.34. The van der Waals surface area contributed by atoms with E-state index in [1.165, 1.54) is 11.3 Å². The number of hydrogen-bond donors (Lipinski definition) is 2. The lowest BCUT2D eigenvalue weighted by atomic mass is 9.87. The van der Waals surface area contributed by atoms with Crippen molar-refractivity contribution in [2.45, 2.75) is 25.3 Å². The molecule has 0 saturated carbocycles. The Kier molecular flexibility index (Phi) is 4.15. The van der Waals surface area contributed by atoms with Gasteiger partial charge >= 0.3 is 6.03 Å². The summed E-state index contributed by atoms with van der Waals surface area (Å²) in [6.07, 6.45) is 3.93. The van der Waals surface area contributed by atoms with Gasteiger partial charge in [-0.15, -0.1) is 11.3 Å². The van der Waals surface area contributed by atoms with Crippen LogP contribution in [-0.2, 0) is 21.5 Å². The highest BCUT2D eigenvalue weighted by Gasteiger charge is 2.52. The molecule has 0 radical (unpaired) electrons. The molecule has 0 bridgehead atoms. The van der Waals surface area contributed by atoms with Crippen molar-refractivity contribution in [3.63, 3.8) is 0 Å². The molecule has 1 aliphatic rings. The van der Waals surface area contributed by atoms with E-state index < -0.39 is 23.4 Å². The van der Waals surface area contributed by atoms with Crippen molar-refractivity contribution in [3.8, 4) is 0 Å². The Labute approximate surface area is 158 Å². The number of benzene rings is 1. The lowest BCUT2D eigenvalue weighted by molar-refractivity contribution is -0.139. The molecule has 2 aromatic heterocycles. The van der Waals surface area contributed by atoms with Crippen LogP contribution in [0.1, 0.15) is 24.6 Å². The number of aromatic nitrogens is 2. The average Bonchev–Trinajstić information content (AvgIpc) is 3.31. The second kappa shape index (κ2) is 6.51. The third-order valence-corrected chi connectivity index (χ3v) is 5.38. The van der Waals surface area contributed by atoms with E-state index in [1.807, 2.05) is 29.0 Å². The first kappa shape index (κ1) is 17.2. The van der Waals surface area contributed by atoms with Gasteiger partial charge in [0.2, 0.25) is 5.91 Å². The van der Waals surface area contributed by atoms with Crippen molar-refractivity contribution < 1.29 is 14.4 Å². The minimum absolute atomic E-state index is 0.0318. The maximum atomic E-state index is 13.0. The van der Waals surface area contributed by atoms with Crippen LogP contribution in [0.2, 0.25) is 0 Å². The quantitative estimate of drug-likeness (QED) is 0.657. The van der Waals surface area contributed by atoms with Gasteiger partial charge < -0.3 is 5.32 Å². The van der Waals surface area contributed by atoms with E-state index in [2.05, 4.69) is 15.7 Å². The summed E-state index contributed by atoms with van der Waals surface area (Å²) in [4.78, 5) is 42.8. The van der Waals surface area contributed by atoms with Gasteiger partial charge in [-0.1, -0.05) is 37.3 Å². The van der Waals surface area contributed by atoms with Crippen molar-refractivity contribution in [3.05, 3.63) is 59.4 Å². The van der Waals surface area contributed by atoms with E-state index in [0.29, 0.717) is 17.7 Å². The number of nitrogens with zero attached hydrogens (tertiary/aromatic N) is 3. The van der Waals surface area contributed by atoms with Gasteiger partial charge in [0.15, 0.2) is 4.96 Å². The van der Waals surface area contributed by atoms with Crippen LogP contribution in [0.5, 0.6) is 0 Å². The van der Waals surface area contributed by atoms with Crippen molar-refractivity contribution in [2.75, 3.05) is 0 Å². The Hall–Kier alpha value is -3.20. The first-order valence-electron chi connectivity index (χ1n) is 8.46. The number of hydrogen-bond acceptors (Lipinski definition) is 5. The lowest BCUT2D eigenvalue weighted by Crippen LogP contribution is -2.49. The summed E-state index contributed by atoms with van der Waals surface area (Å²) in [5, 5.41) is 5.38. The molecule has 3 heterocycles. The number of rotatable bonds is 5. The number of amides is 4. The number of carbonyl (C=O) groups is 3. The molecule has 1 fully saturated rings. The second-order valence-electron chi connectivity index (χ2n) is 6.23. The van der Waals surface area contributed by atoms with Crippen LogP contribution < -0.4 is 10.7 Å². The number of imide groups is 1. The SMILES string of the molecule is CC[C@]1(c2ccccc2)NC(=O)N(NC(=O)Cc2cn3ccsc3n2)C1=O. The molecule has 8 nitrogen and oxygen atoms in total. The standard InChI is InChI=1S/C18H17N5O3S/c1-2-18(12-6-4-3-5-7-12)15(25)23(16(26)20-18)21-14(24)10-13-11-22-8-9-27-17(22)19-13/h3-9,11H,2,10H2,1H3,(H,20,26)(H,21,24)/t18-/m1/s1. The number of hydrazine groups is 1. The fraction of sp³-hybridized carbons (Fsp3) is 0.222. The summed E-state index contributed by atoms with van der Waals surface area (Å²) >= 11 is 1.46. The van der Waals surface area contributed by atoms with Crippen molar-refractivity contribution >= 4 is 34.1 Å². The Bertz CT molecular complexity index is 999. The highest BCUT2D eigenvalue weighted by molar-refractivity contribution is 7.15. The molecule has 3 aromatic rings. The molecule has 1 aromatic carbocycles. The van der Waals surface area contributed by atoms with Crippen LogP contribution in [0, 0.1) is 0 Å². The number of thiazole rings is 1. The fourth-order valence-electron chi connectivity index (χ4n) is 3.23. The predicted molar refractivity (Wildman–Crippen MR) is 98.7 cm³/mol. The van der Waals surface area contributed by atoms with E-state index in [9.17, 15) is 14.4 Å². The summed E-state index contributed by atoms with van der Waals surface area (Å²) in [7, 11) is 0. The van der Waals surface area contributed by atoms with E-state index in [1.54, 1.807) is 30.5 Å². The Morgan fingerprint density at radius 1 is 1.30 bits per heavy atom. The monoisotopic (exact) mass is 383 g/mol. The van der Waals surface area contributed by atoms with E-state index in [0.717, 1.165) is 9.97 Å². The molecule has 1 atom stereocenters. The molecule has 9 heteroatoms. The van der Waals surface area contributed by atoms with Crippen molar-refractivity contribution in [1.29, 1.82) is 0 Å². The third kappa shape index (κ3) is 2.85. The number of urea groups is 1. The van der Waals surface area contributed by atoms with Gasteiger partial charge in [-0.25, -0.2) is 9.78 Å². The molecule has 4 rings (SSSR count). The Morgan fingerprint density at radius 2 is 2.07 bits per heavy atom. The fourth-order valence-corrected chi connectivity index (χ4v) is 3.95. The highest BCUT2D eigenvalue weighted by Crippen LogP contribution is 2.31. The molecule has 27 heavy (non-hydrogen) atoms. The molecule has 1 saturated heterocycles. The zero-order valence-corrected chi connectivity index (χ0v) is 15.3. The molecular weight excluding hydrogens is 366 g/mol. The highest BCUT2D eigenvalue weighted by atomic mass is 32.1. The Balaban J connectivity index is 1.51. The molecule has 1 aliphatic heterocycles. The lowest BCUT2D eigenvalue weighted by Gasteiger charge is -2.25. The maximum Gasteiger partial charge on any atom is 0.344 e. The molecule has 2 N–H and O–H groups in total. The van der Waals surface area contributed by atoms with Crippen LogP contribution >= 0.6 is 11.3 Å². The number of carbonyl (C=O) groups excluding carboxylic acids is 3. The zero-order valence-electron chi connectivity index (χ0n) is 14.5.